The number of nitrogens with zero attached hydrogens (tertiary/aromatic N) is 3. The average Bonchev–Trinajstić information content (AvgIpc) is 3.21. The molecular weight excluding hydrogens is 252 g/mol. The minimum absolute atomic E-state index is 0.481. The Morgan fingerprint density at radius 1 is 1.15 bits per heavy atom. The number of hydrogen-bond acceptors (Lipinski definition) is 5. The summed E-state index contributed by atoms with van der Waals surface area (Å²) in [5.41, 5.74) is 0.744. The van der Waals surface area contributed by atoms with Gasteiger partial charge in [0.15, 0.2) is 0 Å². The molecule has 1 aromatic carbocycles. The van der Waals surface area contributed by atoms with Crippen LogP contribution in [0.5, 0.6) is 0 Å². The molecule has 1 fully saturated rings. The number of fused-ring (bicyclic) bond motifs is 1. The third-order valence-corrected chi connectivity index (χ3v) is 3.46. The second-order valence-electron chi connectivity index (χ2n) is 5.04. The van der Waals surface area contributed by atoms with Crippen molar-refractivity contribution in [2.45, 2.75) is 25.4 Å². The van der Waals surface area contributed by atoms with E-state index in [-0.39, 0.29) is 0 Å². The van der Waals surface area contributed by atoms with Crippen LogP contribution in [-0.4, -0.2) is 21.2 Å². The van der Waals surface area contributed by atoms with Gasteiger partial charge in [0.2, 0.25) is 5.89 Å². The van der Waals surface area contributed by atoms with Gasteiger partial charge in [-0.25, -0.2) is 0 Å². The Hall–Kier alpha value is -2.27. The van der Waals surface area contributed by atoms with Crippen molar-refractivity contribution in [3.05, 3.63) is 42.4 Å². The highest BCUT2D eigenvalue weighted by Crippen LogP contribution is 2.25. The fourth-order valence-electron chi connectivity index (χ4n) is 2.23. The summed E-state index contributed by atoms with van der Waals surface area (Å²) in [4.78, 5) is 4.38. The second kappa shape index (κ2) is 4.68. The molecule has 4 rings (SSSR count). The zero-order valence-electron chi connectivity index (χ0n) is 10.9. The van der Waals surface area contributed by atoms with Crippen molar-refractivity contribution in [3.8, 4) is 11.6 Å². The SMILES string of the molecule is c1ccc2c(-c3nnc(CNC4CC4)o3)nccc2c1. The average molecular weight is 266 g/mol. The molecule has 3 aromatic rings. The van der Waals surface area contributed by atoms with Crippen LogP contribution in [0.4, 0.5) is 0 Å². The predicted octanol–water partition coefficient (Wildman–Crippen LogP) is 2.54. The molecular formula is C15H14N4O. The van der Waals surface area contributed by atoms with Gasteiger partial charge in [0, 0.05) is 17.6 Å². The Morgan fingerprint density at radius 2 is 2.05 bits per heavy atom. The highest BCUT2D eigenvalue weighted by Gasteiger charge is 2.21. The molecule has 0 spiro atoms. The lowest BCUT2D eigenvalue weighted by molar-refractivity contribution is 0.475. The Kier molecular flexibility index (Phi) is 2.70. The summed E-state index contributed by atoms with van der Waals surface area (Å²) in [6, 6.07) is 10.7. The van der Waals surface area contributed by atoms with E-state index in [1.54, 1.807) is 6.20 Å². The van der Waals surface area contributed by atoms with Crippen LogP contribution in [0.1, 0.15) is 18.7 Å². The van der Waals surface area contributed by atoms with E-state index in [0.29, 0.717) is 24.4 Å². The van der Waals surface area contributed by atoms with Crippen molar-refractivity contribution >= 4 is 10.8 Å². The van der Waals surface area contributed by atoms with Crippen LogP contribution >= 0.6 is 0 Å². The number of hydrogen-bond donors (Lipinski definition) is 1. The molecule has 0 bridgehead atoms. The smallest absolute Gasteiger partial charge is 0.266 e. The first kappa shape index (κ1) is 11.5. The second-order valence-corrected chi connectivity index (χ2v) is 5.04. The van der Waals surface area contributed by atoms with Crippen molar-refractivity contribution in [1.29, 1.82) is 0 Å². The van der Waals surface area contributed by atoms with Gasteiger partial charge >= 0.3 is 0 Å². The first-order valence-electron chi connectivity index (χ1n) is 6.80. The van der Waals surface area contributed by atoms with Crippen molar-refractivity contribution in [2.75, 3.05) is 0 Å². The summed E-state index contributed by atoms with van der Waals surface area (Å²) in [5.74, 6) is 1.09. The van der Waals surface area contributed by atoms with Gasteiger partial charge in [0.25, 0.3) is 5.89 Å². The van der Waals surface area contributed by atoms with Gasteiger partial charge in [-0.2, -0.15) is 0 Å². The molecule has 0 radical (unpaired) electrons. The van der Waals surface area contributed by atoms with E-state index >= 15 is 0 Å². The fourth-order valence-corrected chi connectivity index (χ4v) is 2.23. The number of aromatic nitrogens is 3. The Bertz CT molecular complexity index is 743. The summed E-state index contributed by atoms with van der Waals surface area (Å²) in [6.45, 7) is 0.627. The molecule has 5 heteroatoms. The molecule has 5 nitrogen and oxygen atoms in total. The third kappa shape index (κ3) is 2.16. The lowest BCUT2D eigenvalue weighted by atomic mass is 10.1. The highest BCUT2D eigenvalue weighted by atomic mass is 16.4. The monoisotopic (exact) mass is 266 g/mol. The Balaban J connectivity index is 1.67. The lowest BCUT2D eigenvalue weighted by Gasteiger charge is -2.01. The van der Waals surface area contributed by atoms with E-state index < -0.39 is 0 Å². The molecule has 1 aliphatic rings. The van der Waals surface area contributed by atoms with E-state index in [4.69, 9.17) is 4.42 Å². The summed E-state index contributed by atoms with van der Waals surface area (Å²) in [5, 5.41) is 13.7. The van der Waals surface area contributed by atoms with Gasteiger partial charge in [-0.3, -0.25) is 4.98 Å². The van der Waals surface area contributed by atoms with E-state index in [1.807, 2.05) is 30.3 Å². The molecule has 2 aromatic heterocycles. The normalized spacial score (nSPS) is 14.8. The lowest BCUT2D eigenvalue weighted by Crippen LogP contribution is -2.15. The van der Waals surface area contributed by atoms with E-state index in [1.165, 1.54) is 12.8 Å². The molecule has 0 saturated heterocycles. The molecule has 20 heavy (non-hydrogen) atoms. The van der Waals surface area contributed by atoms with Crippen LogP contribution in [-0.2, 0) is 6.54 Å². The van der Waals surface area contributed by atoms with Crippen LogP contribution in [0.2, 0.25) is 0 Å². The molecule has 1 N–H and O–H groups in total. The van der Waals surface area contributed by atoms with Gasteiger partial charge in [0.05, 0.1) is 6.54 Å². The minimum Gasteiger partial charge on any atom is -0.418 e. The Morgan fingerprint density at radius 3 is 2.95 bits per heavy atom. The number of rotatable bonds is 4. The van der Waals surface area contributed by atoms with Gasteiger partial charge < -0.3 is 9.73 Å². The van der Waals surface area contributed by atoms with E-state index in [9.17, 15) is 0 Å². The topological polar surface area (TPSA) is 63.8 Å². The molecule has 0 atom stereocenters. The number of pyridine rings is 1. The number of nitrogens with one attached hydrogen (secondary N) is 1. The van der Waals surface area contributed by atoms with Gasteiger partial charge in [0.1, 0.15) is 5.69 Å². The third-order valence-electron chi connectivity index (χ3n) is 3.46. The summed E-state index contributed by atoms with van der Waals surface area (Å²) in [7, 11) is 0. The summed E-state index contributed by atoms with van der Waals surface area (Å²) in [6.07, 6.45) is 4.25. The van der Waals surface area contributed by atoms with Crippen LogP contribution < -0.4 is 5.32 Å². The van der Waals surface area contributed by atoms with Crippen molar-refractivity contribution < 1.29 is 4.42 Å². The molecule has 1 saturated carbocycles. The highest BCUT2D eigenvalue weighted by molar-refractivity contribution is 5.92. The molecule has 0 unspecified atom stereocenters. The fraction of sp³-hybridized carbons (Fsp3) is 0.267. The summed E-state index contributed by atoms with van der Waals surface area (Å²) >= 11 is 0. The van der Waals surface area contributed by atoms with Crippen molar-refractivity contribution in [3.63, 3.8) is 0 Å². The van der Waals surface area contributed by atoms with E-state index in [0.717, 1.165) is 16.5 Å². The zero-order valence-corrected chi connectivity index (χ0v) is 10.9. The minimum atomic E-state index is 0.481. The first-order valence-corrected chi connectivity index (χ1v) is 6.80. The molecule has 0 aliphatic heterocycles. The quantitative estimate of drug-likeness (QED) is 0.786. The van der Waals surface area contributed by atoms with Crippen LogP contribution in [0.3, 0.4) is 0 Å². The molecule has 1 aliphatic carbocycles. The molecule has 100 valence electrons. The van der Waals surface area contributed by atoms with Crippen molar-refractivity contribution in [2.24, 2.45) is 0 Å². The maximum Gasteiger partial charge on any atom is 0.266 e. The Labute approximate surface area is 116 Å². The van der Waals surface area contributed by atoms with Gasteiger partial charge in [-0.15, -0.1) is 10.2 Å². The standard InChI is InChI=1S/C15H14N4O/c1-2-4-12-10(3-1)7-8-16-14(12)15-19-18-13(20-15)9-17-11-5-6-11/h1-4,7-8,11,17H,5-6,9H2. The van der Waals surface area contributed by atoms with Gasteiger partial charge in [-0.1, -0.05) is 24.3 Å². The zero-order chi connectivity index (χ0) is 13.4. The molecule has 2 heterocycles. The predicted molar refractivity (Wildman–Crippen MR) is 74.9 cm³/mol. The summed E-state index contributed by atoms with van der Waals surface area (Å²) < 4.78 is 5.71. The maximum atomic E-state index is 5.71. The van der Waals surface area contributed by atoms with Crippen LogP contribution in [0, 0.1) is 0 Å². The maximum absolute atomic E-state index is 5.71. The van der Waals surface area contributed by atoms with Crippen LogP contribution in [0.15, 0.2) is 40.9 Å². The van der Waals surface area contributed by atoms with Crippen LogP contribution in [0.25, 0.3) is 22.4 Å². The molecule has 0 amide bonds. The van der Waals surface area contributed by atoms with Gasteiger partial charge in [-0.05, 0) is 24.3 Å². The largest absolute Gasteiger partial charge is 0.418 e. The van der Waals surface area contributed by atoms with E-state index in [2.05, 4.69) is 20.5 Å². The first-order chi connectivity index (χ1) is 9.90. The van der Waals surface area contributed by atoms with Crippen molar-refractivity contribution in [1.82, 2.24) is 20.5 Å². The number of benzene rings is 1.